The number of hydrogen-bond acceptors (Lipinski definition) is 5. The van der Waals surface area contributed by atoms with Crippen LogP contribution in [0.5, 0.6) is 0 Å². The summed E-state index contributed by atoms with van der Waals surface area (Å²) < 4.78 is 12.6. The molecule has 0 saturated carbocycles. The Hall–Kier alpha value is -7.63. The monoisotopic (exact) mass is 717 g/mol. The van der Waals surface area contributed by atoms with E-state index in [9.17, 15) is 0 Å². The van der Waals surface area contributed by atoms with Crippen molar-refractivity contribution in [3.63, 3.8) is 0 Å². The first-order valence-corrected chi connectivity index (χ1v) is 18.7. The molecular weight excluding hydrogens is 687 g/mol. The minimum Gasteiger partial charge on any atom is -0.456 e. The van der Waals surface area contributed by atoms with Gasteiger partial charge in [0.15, 0.2) is 17.5 Å². The fraction of sp³-hybridized carbons (Fsp3) is 0. The second-order valence-electron chi connectivity index (χ2n) is 14.0. The van der Waals surface area contributed by atoms with E-state index in [0.29, 0.717) is 17.5 Å². The second-order valence-corrected chi connectivity index (χ2v) is 14.0. The predicted octanol–water partition coefficient (Wildman–Crippen LogP) is 13.7. The standard InChI is InChI=1S/C51H31N3O2/c1-3-9-32(10-4-1)34-15-19-36(20-16-34)49-52-50(54-51(53-49)40-24-27-42-41-13-7-8-14-45(41)55-48(42)31-40)37-21-17-35(18-22-37)39-23-26-43-44-29-38(33-11-5-2-6-12-33)25-28-46(44)56-47(43)30-39/h1-31H. The Balaban J connectivity index is 0.967. The van der Waals surface area contributed by atoms with Crippen LogP contribution in [0.25, 0.3) is 111 Å². The molecule has 0 aliphatic rings. The fourth-order valence-electron chi connectivity index (χ4n) is 7.65. The topological polar surface area (TPSA) is 65.0 Å². The molecule has 0 unspecified atom stereocenters. The number of nitrogens with zero attached hydrogens (tertiary/aromatic N) is 3. The third-order valence-electron chi connectivity index (χ3n) is 10.6. The van der Waals surface area contributed by atoms with E-state index in [2.05, 4.69) is 152 Å². The van der Waals surface area contributed by atoms with Crippen molar-refractivity contribution in [2.24, 2.45) is 0 Å². The van der Waals surface area contributed by atoms with Crippen molar-refractivity contribution in [1.82, 2.24) is 15.0 Å². The van der Waals surface area contributed by atoms with Gasteiger partial charge in [-0.1, -0.05) is 146 Å². The molecule has 0 N–H and O–H groups in total. The van der Waals surface area contributed by atoms with Crippen LogP contribution in [-0.4, -0.2) is 15.0 Å². The highest BCUT2D eigenvalue weighted by atomic mass is 16.3. The summed E-state index contributed by atoms with van der Waals surface area (Å²) >= 11 is 0. The summed E-state index contributed by atoms with van der Waals surface area (Å²) in [6, 6.07) is 64.7. The third kappa shape index (κ3) is 5.62. The van der Waals surface area contributed by atoms with E-state index in [-0.39, 0.29) is 0 Å². The molecule has 0 aliphatic heterocycles. The van der Waals surface area contributed by atoms with E-state index in [4.69, 9.17) is 23.8 Å². The first kappa shape index (κ1) is 31.9. The van der Waals surface area contributed by atoms with Crippen LogP contribution in [0.3, 0.4) is 0 Å². The van der Waals surface area contributed by atoms with Crippen LogP contribution in [0.2, 0.25) is 0 Å². The first-order valence-electron chi connectivity index (χ1n) is 18.7. The highest BCUT2D eigenvalue weighted by molar-refractivity contribution is 6.07. The van der Waals surface area contributed by atoms with Crippen LogP contribution < -0.4 is 0 Å². The Morgan fingerprint density at radius 3 is 1.25 bits per heavy atom. The molecule has 3 aromatic heterocycles. The first-order chi connectivity index (χ1) is 27.7. The summed E-state index contributed by atoms with van der Waals surface area (Å²) in [5, 5.41) is 4.35. The lowest BCUT2D eigenvalue weighted by Gasteiger charge is -2.10. The predicted molar refractivity (Wildman–Crippen MR) is 227 cm³/mol. The van der Waals surface area contributed by atoms with E-state index in [1.807, 2.05) is 36.4 Å². The molecule has 5 nitrogen and oxygen atoms in total. The van der Waals surface area contributed by atoms with Gasteiger partial charge >= 0.3 is 0 Å². The summed E-state index contributed by atoms with van der Waals surface area (Å²) in [6.45, 7) is 0. The summed E-state index contributed by atoms with van der Waals surface area (Å²) in [5.41, 5.74) is 12.8. The Labute approximate surface area is 322 Å². The average molecular weight is 718 g/mol. The summed E-state index contributed by atoms with van der Waals surface area (Å²) in [4.78, 5) is 15.1. The van der Waals surface area contributed by atoms with Gasteiger partial charge in [-0.25, -0.2) is 15.0 Å². The molecule has 0 bridgehead atoms. The molecule has 0 saturated heterocycles. The highest BCUT2D eigenvalue weighted by Crippen LogP contribution is 2.36. The lowest BCUT2D eigenvalue weighted by atomic mass is 10.0. The van der Waals surface area contributed by atoms with Gasteiger partial charge in [-0.2, -0.15) is 0 Å². The second kappa shape index (κ2) is 13.0. The van der Waals surface area contributed by atoms with Gasteiger partial charge in [-0.15, -0.1) is 0 Å². The molecule has 5 heteroatoms. The SMILES string of the molecule is c1ccc(-c2ccc(-c3nc(-c4ccc(-c5ccc6c(c5)oc5ccc(-c7ccccc7)cc56)cc4)nc(-c4ccc5c(c4)oc4ccccc45)n3)cc2)cc1. The molecule has 0 atom stereocenters. The van der Waals surface area contributed by atoms with Crippen molar-refractivity contribution in [2.75, 3.05) is 0 Å². The Morgan fingerprint density at radius 2 is 0.607 bits per heavy atom. The van der Waals surface area contributed by atoms with Gasteiger partial charge in [0.25, 0.3) is 0 Å². The minimum atomic E-state index is 0.578. The maximum absolute atomic E-state index is 6.35. The lowest BCUT2D eigenvalue weighted by molar-refractivity contribution is 0.668. The van der Waals surface area contributed by atoms with Crippen LogP contribution in [0.15, 0.2) is 197 Å². The smallest absolute Gasteiger partial charge is 0.164 e. The van der Waals surface area contributed by atoms with E-state index >= 15 is 0 Å². The molecule has 0 fully saturated rings. The molecule has 8 aromatic carbocycles. The molecule has 0 amide bonds. The number of para-hydroxylation sites is 1. The number of hydrogen-bond donors (Lipinski definition) is 0. The van der Waals surface area contributed by atoms with Crippen molar-refractivity contribution in [1.29, 1.82) is 0 Å². The normalized spacial score (nSPS) is 11.6. The van der Waals surface area contributed by atoms with Crippen molar-refractivity contribution in [3.8, 4) is 67.5 Å². The van der Waals surface area contributed by atoms with Gasteiger partial charge in [0.05, 0.1) is 0 Å². The van der Waals surface area contributed by atoms with Gasteiger partial charge in [0, 0.05) is 38.2 Å². The lowest BCUT2D eigenvalue weighted by Crippen LogP contribution is -2.00. The molecular formula is C51H31N3O2. The van der Waals surface area contributed by atoms with Gasteiger partial charge in [0.2, 0.25) is 0 Å². The van der Waals surface area contributed by atoms with Crippen LogP contribution in [0.4, 0.5) is 0 Å². The Morgan fingerprint density at radius 1 is 0.232 bits per heavy atom. The summed E-state index contributed by atoms with van der Waals surface area (Å²) in [5.74, 6) is 1.77. The van der Waals surface area contributed by atoms with Gasteiger partial charge in [0.1, 0.15) is 22.3 Å². The van der Waals surface area contributed by atoms with Gasteiger partial charge in [-0.3, -0.25) is 0 Å². The molecule has 11 rings (SSSR count). The number of benzene rings is 8. The molecule has 56 heavy (non-hydrogen) atoms. The van der Waals surface area contributed by atoms with Crippen LogP contribution in [-0.2, 0) is 0 Å². The Kier molecular flexibility index (Phi) is 7.42. The van der Waals surface area contributed by atoms with Crippen molar-refractivity contribution in [3.05, 3.63) is 188 Å². The molecule has 11 aromatic rings. The van der Waals surface area contributed by atoms with Crippen LogP contribution in [0, 0.1) is 0 Å². The molecule has 0 spiro atoms. The van der Waals surface area contributed by atoms with E-state index < -0.39 is 0 Å². The van der Waals surface area contributed by atoms with Crippen LogP contribution in [0.1, 0.15) is 0 Å². The Bertz CT molecular complexity index is 3220. The number of fused-ring (bicyclic) bond motifs is 6. The summed E-state index contributed by atoms with van der Waals surface area (Å²) in [7, 11) is 0. The highest BCUT2D eigenvalue weighted by Gasteiger charge is 2.16. The summed E-state index contributed by atoms with van der Waals surface area (Å²) in [6.07, 6.45) is 0. The molecule has 262 valence electrons. The van der Waals surface area contributed by atoms with Crippen molar-refractivity contribution < 1.29 is 8.83 Å². The van der Waals surface area contributed by atoms with Crippen molar-refractivity contribution >= 4 is 43.9 Å². The zero-order valence-corrected chi connectivity index (χ0v) is 30.1. The van der Waals surface area contributed by atoms with Crippen LogP contribution >= 0.6 is 0 Å². The van der Waals surface area contributed by atoms with Crippen molar-refractivity contribution in [2.45, 2.75) is 0 Å². The molecule has 3 heterocycles. The third-order valence-corrected chi connectivity index (χ3v) is 10.6. The zero-order valence-electron chi connectivity index (χ0n) is 30.1. The van der Waals surface area contributed by atoms with E-state index in [1.165, 1.54) is 11.1 Å². The minimum absolute atomic E-state index is 0.578. The zero-order chi connectivity index (χ0) is 37.0. The number of rotatable bonds is 6. The quantitative estimate of drug-likeness (QED) is 0.171. The molecule has 0 radical (unpaired) electrons. The van der Waals surface area contributed by atoms with Gasteiger partial charge in [-0.05, 0) is 75.8 Å². The van der Waals surface area contributed by atoms with Gasteiger partial charge < -0.3 is 8.83 Å². The maximum atomic E-state index is 6.35. The van der Waals surface area contributed by atoms with E-state index in [0.717, 1.165) is 82.8 Å². The van der Waals surface area contributed by atoms with E-state index in [1.54, 1.807) is 0 Å². The maximum Gasteiger partial charge on any atom is 0.164 e. The fourth-order valence-corrected chi connectivity index (χ4v) is 7.65. The number of furan rings is 2. The average Bonchev–Trinajstić information content (AvgIpc) is 3.84. The molecule has 0 aliphatic carbocycles. The largest absolute Gasteiger partial charge is 0.456 e. The number of aromatic nitrogens is 3.